The smallest absolute Gasteiger partial charge is 0.861 e. The van der Waals surface area contributed by atoms with Gasteiger partial charge in [0, 0.05) is 0 Å². The molecule has 186 valence electrons. The molecule has 28 heavy (non-hydrogen) atoms. The van der Waals surface area contributed by atoms with Crippen molar-refractivity contribution in [2.24, 2.45) is 0 Å². The molecule has 0 aromatic rings. The molecule has 0 atom stereocenters. The Labute approximate surface area is 222 Å². The van der Waals surface area contributed by atoms with Gasteiger partial charge in [0.25, 0.3) is 0 Å². The van der Waals surface area contributed by atoms with E-state index in [9.17, 15) is 0 Å². The van der Waals surface area contributed by atoms with Crippen LogP contribution in [-0.2, 0) is 101 Å². The van der Waals surface area contributed by atoms with E-state index in [1.807, 2.05) is 0 Å². The third-order valence-corrected chi connectivity index (χ3v) is 0. The second-order valence-corrected chi connectivity index (χ2v) is 6.29. The van der Waals surface area contributed by atoms with Crippen LogP contribution in [-0.4, -0.2) is 66.3 Å². The largest absolute Gasteiger partial charge is 2.00 e. The molecule has 18 nitrogen and oxygen atoms in total. The van der Waals surface area contributed by atoms with Crippen LogP contribution >= 0.6 is 0 Å². The van der Waals surface area contributed by atoms with Crippen LogP contribution in [0.15, 0.2) is 0 Å². The number of hydrogen-bond acceptors (Lipinski definition) is 16. The zero-order valence-electron chi connectivity index (χ0n) is 11.7. The van der Waals surface area contributed by atoms with E-state index in [2.05, 4.69) is 0 Å². The maximum Gasteiger partial charge on any atom is 2.00 e. The molecule has 0 amide bonds. The van der Waals surface area contributed by atoms with Crippen molar-refractivity contribution in [1.82, 2.24) is 0 Å². The average molecular weight is 762 g/mol. The molecule has 0 spiro atoms. The molecule has 0 rings (SSSR count). The summed E-state index contributed by atoms with van der Waals surface area (Å²) >= 11 is 0. The van der Waals surface area contributed by atoms with Gasteiger partial charge in [-0.3, -0.25) is 0 Å². The van der Waals surface area contributed by atoms with E-state index in [0.717, 1.165) is 0 Å². The third-order valence-electron chi connectivity index (χ3n) is 0. The molecule has 0 heterocycles. The van der Waals surface area contributed by atoms with Gasteiger partial charge in [0.05, 0.1) is 0 Å². The van der Waals surface area contributed by atoms with Gasteiger partial charge >= 0.3 is 101 Å². The van der Waals surface area contributed by atoms with Gasteiger partial charge < -0.3 is 87.7 Å². The monoisotopic (exact) mass is 761 g/mol. The first-order valence-electron chi connectivity index (χ1n) is 3.34. The standard InChI is InChI=1S/6Co.4HO4Si.2H2O/c;;;;;;4*1-5(2,3)4;;/h;;;;;;4*1H;2*1H2/q6*+2;4*-3;;. The van der Waals surface area contributed by atoms with Crippen molar-refractivity contribution in [3.05, 3.63) is 0 Å². The quantitative estimate of drug-likeness (QED) is 0.166. The molecular formula is H8Co6O18Si4. The molecule has 8 N–H and O–H groups in total. The third kappa shape index (κ3) is 2280. The second-order valence-electron chi connectivity index (χ2n) is 2.10. The molecule has 6 radical (unpaired) electrons. The van der Waals surface area contributed by atoms with Crippen LogP contribution in [0, 0.1) is 0 Å². The number of rotatable bonds is 0. The molecule has 0 fully saturated rings. The normalized spacial score (nSPS) is 8.57. The maximum absolute atomic E-state index is 8.69. The van der Waals surface area contributed by atoms with Gasteiger partial charge in [-0.05, 0) is 0 Å². The van der Waals surface area contributed by atoms with Crippen molar-refractivity contribution in [3.63, 3.8) is 0 Å². The van der Waals surface area contributed by atoms with Crippen LogP contribution in [0.25, 0.3) is 0 Å². The second kappa shape index (κ2) is 34.8. The molecule has 0 aliphatic heterocycles. The fourth-order valence-electron chi connectivity index (χ4n) is 0. The topological polar surface area (TPSA) is 421 Å². The van der Waals surface area contributed by atoms with Crippen molar-refractivity contribution < 1.29 is 188 Å². The van der Waals surface area contributed by atoms with Crippen LogP contribution in [0.2, 0.25) is 0 Å². The summed E-state index contributed by atoms with van der Waals surface area (Å²) in [5.74, 6) is 0. The summed E-state index contributed by atoms with van der Waals surface area (Å²) in [5.41, 5.74) is 0. The molecule has 0 aliphatic carbocycles. The number of hydrogen-bond donors (Lipinski definition) is 4. The summed E-state index contributed by atoms with van der Waals surface area (Å²) in [5, 5.41) is 0. The van der Waals surface area contributed by atoms with Gasteiger partial charge in [0.2, 0.25) is 0 Å². The fraction of sp³-hybridized carbons (Fsp3) is 0. The van der Waals surface area contributed by atoms with Crippen LogP contribution in [0.1, 0.15) is 0 Å². The van der Waals surface area contributed by atoms with Crippen LogP contribution in [0.4, 0.5) is 0 Å². The van der Waals surface area contributed by atoms with E-state index in [-0.39, 0.29) is 112 Å². The van der Waals surface area contributed by atoms with E-state index in [1.54, 1.807) is 0 Å². The van der Waals surface area contributed by atoms with Gasteiger partial charge in [0.1, 0.15) is 0 Å². The van der Waals surface area contributed by atoms with Crippen molar-refractivity contribution in [1.29, 1.82) is 0 Å². The Morgan fingerprint density at radius 3 is 0.286 bits per heavy atom. The van der Waals surface area contributed by atoms with E-state index in [4.69, 9.17) is 76.7 Å². The van der Waals surface area contributed by atoms with Crippen LogP contribution in [0.5, 0.6) is 0 Å². The predicted octanol–water partition coefficient (Wildman–Crippen LogP) is -19.7. The van der Waals surface area contributed by atoms with Crippen molar-refractivity contribution in [2.45, 2.75) is 0 Å². The van der Waals surface area contributed by atoms with Gasteiger partial charge in [-0.15, -0.1) is 36.2 Å². The Bertz CT molecular complexity index is 146. The van der Waals surface area contributed by atoms with E-state index in [1.165, 1.54) is 0 Å². The Morgan fingerprint density at radius 2 is 0.286 bits per heavy atom. The average Bonchev–Trinajstić information content (AvgIpc) is 1.62. The van der Waals surface area contributed by atoms with Gasteiger partial charge in [-0.25, -0.2) is 0 Å². The van der Waals surface area contributed by atoms with E-state index in [0.29, 0.717) is 0 Å². The summed E-state index contributed by atoms with van der Waals surface area (Å²) in [6.45, 7) is 0. The zero-order chi connectivity index (χ0) is 18.0. The van der Waals surface area contributed by atoms with E-state index < -0.39 is 36.2 Å². The van der Waals surface area contributed by atoms with Crippen molar-refractivity contribution in [2.75, 3.05) is 0 Å². The Balaban J connectivity index is -0.0000000111. The first kappa shape index (κ1) is 77.2. The van der Waals surface area contributed by atoms with Gasteiger partial charge in [-0.1, -0.05) is 0 Å². The minimum Gasteiger partial charge on any atom is -0.861 e. The molecule has 0 aromatic carbocycles. The SMILES string of the molecule is O.O.[Co+2].[Co+2].[Co+2].[Co+2].[Co+2].[Co+2].[O-][Si]([O-])([O-])O.[O-][Si]([O-])([O-])O.[O-][Si]([O-])([O-])O.[O-][Si]([O-])([O-])O. The van der Waals surface area contributed by atoms with Gasteiger partial charge in [-0.2, -0.15) is 0 Å². The molecule has 0 aromatic heterocycles. The van der Waals surface area contributed by atoms with E-state index >= 15 is 0 Å². The zero-order valence-corrected chi connectivity index (χ0v) is 21.9. The first-order valence-corrected chi connectivity index (χ1v) is 10.0. The Morgan fingerprint density at radius 1 is 0.286 bits per heavy atom. The van der Waals surface area contributed by atoms with Crippen molar-refractivity contribution in [3.8, 4) is 0 Å². The van der Waals surface area contributed by atoms with Gasteiger partial charge in [0.15, 0.2) is 0 Å². The minimum absolute atomic E-state index is 0. The van der Waals surface area contributed by atoms with Crippen molar-refractivity contribution >= 4 is 36.2 Å². The predicted molar refractivity (Wildman–Crippen MR) is 39.1 cm³/mol. The minimum atomic E-state index is -5.36. The summed E-state index contributed by atoms with van der Waals surface area (Å²) in [6.07, 6.45) is 0. The molecule has 0 saturated heterocycles. The fourth-order valence-corrected chi connectivity index (χ4v) is 0. The Kier molecular flexibility index (Phi) is 95.9. The molecule has 0 bridgehead atoms. The van der Waals surface area contributed by atoms with Crippen LogP contribution in [0.3, 0.4) is 0 Å². The summed E-state index contributed by atoms with van der Waals surface area (Å²) < 4.78 is 0. The molecular weight excluding hydrogens is 754 g/mol. The summed E-state index contributed by atoms with van der Waals surface area (Å²) in [4.78, 5) is 132. The molecule has 0 unspecified atom stereocenters. The molecule has 28 heteroatoms. The summed E-state index contributed by atoms with van der Waals surface area (Å²) in [6, 6.07) is 0. The molecule has 0 saturated carbocycles. The first-order chi connectivity index (χ1) is 8.00. The van der Waals surface area contributed by atoms with Crippen LogP contribution < -0.4 is 57.5 Å². The molecule has 0 aliphatic rings. The maximum atomic E-state index is 8.69. The summed E-state index contributed by atoms with van der Waals surface area (Å²) in [7, 11) is -21.4. The Hall–Kier alpha value is 3.19.